The Bertz CT molecular complexity index is 1200. The molecule has 0 saturated carbocycles. The van der Waals surface area contributed by atoms with Gasteiger partial charge in [-0.15, -0.1) is 5.10 Å². The summed E-state index contributed by atoms with van der Waals surface area (Å²) in [5.74, 6) is 0.287. The van der Waals surface area contributed by atoms with Gasteiger partial charge in [0.25, 0.3) is 0 Å². The van der Waals surface area contributed by atoms with Crippen LogP contribution in [0.4, 0.5) is 21.7 Å². The molecule has 0 fully saturated rings. The van der Waals surface area contributed by atoms with Gasteiger partial charge < -0.3 is 15.4 Å². The number of pyridine rings is 1. The van der Waals surface area contributed by atoms with Crippen LogP contribution in [0.3, 0.4) is 0 Å². The summed E-state index contributed by atoms with van der Waals surface area (Å²) in [4.78, 5) is 15.7. The summed E-state index contributed by atoms with van der Waals surface area (Å²) >= 11 is 0. The molecular formula is C21H18FN5O2. The van der Waals surface area contributed by atoms with Crippen LogP contribution < -0.4 is 15.4 Å². The van der Waals surface area contributed by atoms with Gasteiger partial charge in [0.15, 0.2) is 5.65 Å². The molecule has 4 aromatic rings. The number of nitrogens with zero attached hydrogens (tertiary/aromatic N) is 3. The summed E-state index contributed by atoms with van der Waals surface area (Å²) in [5.41, 5.74) is 3.62. The lowest BCUT2D eigenvalue weighted by Gasteiger charge is -2.08. The summed E-state index contributed by atoms with van der Waals surface area (Å²) in [6.45, 7) is 1.47. The summed E-state index contributed by atoms with van der Waals surface area (Å²) in [7, 11) is 1.51. The fraction of sp³-hybridized carbons (Fsp3) is 0.0952. The third-order valence-corrected chi connectivity index (χ3v) is 4.26. The molecule has 0 aliphatic heterocycles. The highest BCUT2D eigenvalue weighted by molar-refractivity contribution is 5.89. The number of benzene rings is 2. The van der Waals surface area contributed by atoms with Gasteiger partial charge in [0.1, 0.15) is 11.6 Å². The van der Waals surface area contributed by atoms with Crippen molar-refractivity contribution in [3.63, 3.8) is 0 Å². The van der Waals surface area contributed by atoms with Crippen molar-refractivity contribution in [3.8, 4) is 16.9 Å². The Labute approximate surface area is 166 Å². The van der Waals surface area contributed by atoms with E-state index in [2.05, 4.69) is 20.7 Å². The van der Waals surface area contributed by atoms with Crippen LogP contribution >= 0.6 is 0 Å². The predicted octanol–water partition coefficient (Wildman–Crippen LogP) is 4.25. The molecule has 0 bridgehead atoms. The van der Waals surface area contributed by atoms with Crippen LogP contribution in [0, 0.1) is 5.82 Å². The molecule has 29 heavy (non-hydrogen) atoms. The molecule has 0 unspecified atom stereocenters. The van der Waals surface area contributed by atoms with Crippen LogP contribution in [-0.2, 0) is 4.79 Å². The van der Waals surface area contributed by atoms with Gasteiger partial charge in [-0.25, -0.2) is 8.91 Å². The first-order valence-electron chi connectivity index (χ1n) is 8.87. The summed E-state index contributed by atoms with van der Waals surface area (Å²) in [6, 6.07) is 15.5. The zero-order chi connectivity index (χ0) is 20.4. The number of hydrogen-bond acceptors (Lipinski definition) is 5. The van der Waals surface area contributed by atoms with E-state index in [-0.39, 0.29) is 5.91 Å². The number of hydrogen-bond donors (Lipinski definition) is 2. The molecule has 7 nitrogen and oxygen atoms in total. The molecule has 0 saturated heterocycles. The molecule has 0 spiro atoms. The maximum absolute atomic E-state index is 13.6. The van der Waals surface area contributed by atoms with Crippen LogP contribution in [-0.4, -0.2) is 27.6 Å². The average molecular weight is 391 g/mol. The van der Waals surface area contributed by atoms with Gasteiger partial charge in [0.2, 0.25) is 11.9 Å². The molecule has 2 heterocycles. The number of carbonyl (C=O) groups is 1. The lowest BCUT2D eigenvalue weighted by molar-refractivity contribution is -0.114. The number of anilines is 3. The lowest BCUT2D eigenvalue weighted by Crippen LogP contribution is -2.05. The SMILES string of the molecule is COc1ccc(F)cc1Nc1nc2ccc(-c3cccc(NC(C)=O)c3)cn2n1. The third kappa shape index (κ3) is 4.01. The second-order valence-electron chi connectivity index (χ2n) is 6.39. The number of amides is 1. The second-order valence-corrected chi connectivity index (χ2v) is 6.39. The van der Waals surface area contributed by atoms with E-state index in [1.807, 2.05) is 42.6 Å². The van der Waals surface area contributed by atoms with E-state index >= 15 is 0 Å². The van der Waals surface area contributed by atoms with Crippen molar-refractivity contribution in [2.75, 3.05) is 17.7 Å². The summed E-state index contributed by atoms with van der Waals surface area (Å²) in [6.07, 6.45) is 1.84. The highest BCUT2D eigenvalue weighted by Crippen LogP contribution is 2.28. The second kappa shape index (κ2) is 7.59. The molecule has 2 N–H and O–H groups in total. The number of methoxy groups -OCH3 is 1. The minimum atomic E-state index is -0.390. The maximum atomic E-state index is 13.6. The molecule has 1 amide bonds. The Kier molecular flexibility index (Phi) is 4.82. The van der Waals surface area contributed by atoms with Crippen molar-refractivity contribution >= 4 is 28.9 Å². The molecule has 8 heteroatoms. The molecule has 146 valence electrons. The van der Waals surface area contributed by atoms with Crippen LogP contribution in [0.2, 0.25) is 0 Å². The first-order valence-corrected chi connectivity index (χ1v) is 8.87. The average Bonchev–Trinajstić information content (AvgIpc) is 3.09. The van der Waals surface area contributed by atoms with E-state index in [1.165, 1.54) is 32.2 Å². The van der Waals surface area contributed by atoms with Gasteiger partial charge in [-0.2, -0.15) is 4.98 Å². The van der Waals surface area contributed by atoms with Gasteiger partial charge in [0.05, 0.1) is 12.8 Å². The zero-order valence-electron chi connectivity index (χ0n) is 15.8. The molecule has 2 aromatic heterocycles. The van der Waals surface area contributed by atoms with E-state index in [0.717, 1.165) is 11.1 Å². The molecule has 0 radical (unpaired) electrons. The normalized spacial score (nSPS) is 10.7. The minimum absolute atomic E-state index is 0.127. The fourth-order valence-corrected chi connectivity index (χ4v) is 2.98. The van der Waals surface area contributed by atoms with E-state index in [1.54, 1.807) is 4.52 Å². The largest absolute Gasteiger partial charge is 0.495 e. The Morgan fingerprint density at radius 1 is 1.10 bits per heavy atom. The smallest absolute Gasteiger partial charge is 0.247 e. The molecule has 0 aliphatic rings. The van der Waals surface area contributed by atoms with Gasteiger partial charge in [-0.3, -0.25) is 4.79 Å². The highest BCUT2D eigenvalue weighted by atomic mass is 19.1. The molecular weight excluding hydrogens is 373 g/mol. The van der Waals surface area contributed by atoms with Crippen molar-refractivity contribution in [1.29, 1.82) is 0 Å². The zero-order valence-corrected chi connectivity index (χ0v) is 15.8. The maximum Gasteiger partial charge on any atom is 0.247 e. The van der Waals surface area contributed by atoms with Crippen molar-refractivity contribution in [1.82, 2.24) is 14.6 Å². The topological polar surface area (TPSA) is 80.5 Å². The number of carbonyl (C=O) groups excluding carboxylic acids is 1. The summed E-state index contributed by atoms with van der Waals surface area (Å²) in [5, 5.41) is 10.2. The number of ether oxygens (including phenoxy) is 1. The standard InChI is InChI=1S/C21H18FN5O2/c1-13(28)23-17-5-3-4-14(10-17)15-6-9-20-25-21(26-27(20)12-15)24-18-11-16(22)7-8-19(18)29-2/h3-12H,1-2H3,(H,23,28)(H,24,26). The minimum Gasteiger partial charge on any atom is -0.495 e. The van der Waals surface area contributed by atoms with Gasteiger partial charge in [-0.1, -0.05) is 12.1 Å². The Hall–Kier alpha value is -3.94. The Morgan fingerprint density at radius 3 is 2.76 bits per heavy atom. The van der Waals surface area contributed by atoms with Crippen LogP contribution in [0.15, 0.2) is 60.8 Å². The molecule has 4 rings (SSSR count). The van der Waals surface area contributed by atoms with Crippen LogP contribution in [0.25, 0.3) is 16.8 Å². The van der Waals surface area contributed by atoms with Crippen LogP contribution in [0.1, 0.15) is 6.92 Å². The number of fused-ring (bicyclic) bond motifs is 1. The monoisotopic (exact) mass is 391 g/mol. The van der Waals surface area contributed by atoms with Crippen LogP contribution in [0.5, 0.6) is 5.75 Å². The van der Waals surface area contributed by atoms with E-state index in [4.69, 9.17) is 4.74 Å². The van der Waals surface area contributed by atoms with Crippen molar-refractivity contribution in [2.45, 2.75) is 6.92 Å². The molecule has 2 aromatic carbocycles. The Balaban J connectivity index is 1.65. The number of nitrogens with one attached hydrogen (secondary N) is 2. The fourth-order valence-electron chi connectivity index (χ4n) is 2.98. The number of aromatic nitrogens is 3. The lowest BCUT2D eigenvalue weighted by atomic mass is 10.1. The number of halogens is 1. The van der Waals surface area contributed by atoms with Crippen molar-refractivity contribution in [2.24, 2.45) is 0 Å². The van der Waals surface area contributed by atoms with E-state index in [0.29, 0.717) is 28.7 Å². The van der Waals surface area contributed by atoms with Gasteiger partial charge >= 0.3 is 0 Å². The van der Waals surface area contributed by atoms with Crippen molar-refractivity contribution < 1.29 is 13.9 Å². The molecule has 0 atom stereocenters. The Morgan fingerprint density at radius 2 is 1.97 bits per heavy atom. The van der Waals surface area contributed by atoms with Gasteiger partial charge in [0, 0.05) is 30.4 Å². The van der Waals surface area contributed by atoms with Gasteiger partial charge in [-0.05, 0) is 42.0 Å². The van der Waals surface area contributed by atoms with Crippen molar-refractivity contribution in [3.05, 3.63) is 66.6 Å². The third-order valence-electron chi connectivity index (χ3n) is 4.26. The highest BCUT2D eigenvalue weighted by Gasteiger charge is 2.10. The predicted molar refractivity (Wildman–Crippen MR) is 109 cm³/mol. The first kappa shape index (κ1) is 18.4. The quantitative estimate of drug-likeness (QED) is 0.532. The van der Waals surface area contributed by atoms with E-state index in [9.17, 15) is 9.18 Å². The first-order chi connectivity index (χ1) is 14.0. The van der Waals surface area contributed by atoms with E-state index < -0.39 is 5.82 Å². The molecule has 0 aliphatic carbocycles. The number of rotatable bonds is 5. The summed E-state index contributed by atoms with van der Waals surface area (Å²) < 4.78 is 20.4.